The molecule has 2 N–H and O–H groups in total. The first kappa shape index (κ1) is 9.71. The van der Waals surface area contributed by atoms with E-state index in [1.807, 2.05) is 18.2 Å². The van der Waals surface area contributed by atoms with Crippen LogP contribution in [0.3, 0.4) is 0 Å². The molecule has 1 aromatic carbocycles. The summed E-state index contributed by atoms with van der Waals surface area (Å²) in [7, 11) is 0. The molecule has 15 heavy (non-hydrogen) atoms. The van der Waals surface area contributed by atoms with E-state index in [-0.39, 0.29) is 0 Å². The lowest BCUT2D eigenvalue weighted by Crippen LogP contribution is -2.28. The Bertz CT molecular complexity index is 514. The van der Waals surface area contributed by atoms with Gasteiger partial charge >= 0.3 is 5.97 Å². The van der Waals surface area contributed by atoms with Crippen LogP contribution in [-0.4, -0.2) is 21.3 Å². The van der Waals surface area contributed by atoms with Crippen molar-refractivity contribution >= 4 is 16.9 Å². The van der Waals surface area contributed by atoms with E-state index in [1.54, 1.807) is 20.0 Å². The Kier molecular flexibility index (Phi) is 2.00. The number of aliphatic carboxylic acids is 1. The number of hydrogen-bond acceptors (Lipinski definition) is 2. The molecule has 1 aromatic heterocycles. The molecular weight excluding hydrogens is 192 g/mol. The number of aromatic amines is 1. The number of H-pyrrole nitrogens is 1. The second-order valence-electron chi connectivity index (χ2n) is 4.07. The van der Waals surface area contributed by atoms with E-state index < -0.39 is 11.4 Å². The predicted octanol–water partition coefficient (Wildman–Crippen LogP) is 1.93. The number of carboxylic acid groups (broad SMARTS) is 1. The first-order chi connectivity index (χ1) is 7.03. The van der Waals surface area contributed by atoms with E-state index in [9.17, 15) is 4.79 Å². The number of rotatable bonds is 2. The predicted molar refractivity (Wildman–Crippen MR) is 56.8 cm³/mol. The lowest BCUT2D eigenvalue weighted by Gasteiger charge is -2.20. The van der Waals surface area contributed by atoms with Gasteiger partial charge in [-0.05, 0) is 19.4 Å². The van der Waals surface area contributed by atoms with E-state index >= 15 is 0 Å². The molecule has 0 atom stereocenters. The molecule has 4 heteroatoms. The number of fused-ring (bicyclic) bond motifs is 1. The average Bonchev–Trinajstić information content (AvgIpc) is 2.64. The third-order valence-corrected chi connectivity index (χ3v) is 2.68. The highest BCUT2D eigenvalue weighted by molar-refractivity contribution is 5.90. The van der Waals surface area contributed by atoms with Crippen LogP contribution >= 0.6 is 0 Å². The van der Waals surface area contributed by atoms with E-state index in [4.69, 9.17) is 5.11 Å². The van der Waals surface area contributed by atoms with Crippen molar-refractivity contribution in [1.29, 1.82) is 0 Å². The molecule has 78 valence electrons. The fourth-order valence-corrected chi connectivity index (χ4v) is 1.60. The third-order valence-electron chi connectivity index (χ3n) is 2.68. The molecule has 0 radical (unpaired) electrons. The maximum absolute atomic E-state index is 11.2. The van der Waals surface area contributed by atoms with Crippen molar-refractivity contribution < 1.29 is 9.90 Å². The normalized spacial score (nSPS) is 11.9. The molecule has 0 fully saturated rings. The van der Waals surface area contributed by atoms with E-state index in [1.165, 1.54) is 0 Å². The first-order valence-electron chi connectivity index (χ1n) is 4.69. The topological polar surface area (TPSA) is 66.0 Å². The van der Waals surface area contributed by atoms with Crippen LogP contribution < -0.4 is 0 Å². The fourth-order valence-electron chi connectivity index (χ4n) is 1.60. The summed E-state index contributed by atoms with van der Waals surface area (Å²) >= 11 is 0. The third kappa shape index (κ3) is 1.38. The second kappa shape index (κ2) is 3.08. The Morgan fingerprint density at radius 2 is 2.20 bits per heavy atom. The fraction of sp³-hybridized carbons (Fsp3) is 0.273. The van der Waals surface area contributed by atoms with Crippen LogP contribution in [0.1, 0.15) is 19.4 Å². The number of aromatic nitrogens is 2. The van der Waals surface area contributed by atoms with E-state index in [2.05, 4.69) is 10.2 Å². The molecule has 0 aliphatic heterocycles. The SMILES string of the molecule is CC(C)(C(=O)O)c1cccc2cn[nH]c12. The van der Waals surface area contributed by atoms with Crippen molar-refractivity contribution in [2.45, 2.75) is 19.3 Å². The molecular formula is C11H12N2O2. The van der Waals surface area contributed by atoms with Crippen LogP contribution in [0, 0.1) is 0 Å². The molecule has 0 aliphatic carbocycles. The van der Waals surface area contributed by atoms with Crippen molar-refractivity contribution in [2.75, 3.05) is 0 Å². The molecule has 1 heterocycles. The summed E-state index contributed by atoms with van der Waals surface area (Å²) < 4.78 is 0. The number of carboxylic acids is 1. The minimum absolute atomic E-state index is 0.755. The van der Waals surface area contributed by atoms with Crippen LogP contribution in [0.4, 0.5) is 0 Å². The summed E-state index contributed by atoms with van der Waals surface area (Å²) in [6.45, 7) is 3.37. The quantitative estimate of drug-likeness (QED) is 0.785. The molecule has 4 nitrogen and oxygen atoms in total. The zero-order valence-electron chi connectivity index (χ0n) is 8.61. The molecule has 0 amide bonds. The second-order valence-corrected chi connectivity index (χ2v) is 4.07. The first-order valence-corrected chi connectivity index (χ1v) is 4.69. The van der Waals surface area contributed by atoms with Crippen LogP contribution in [0.5, 0.6) is 0 Å². The van der Waals surface area contributed by atoms with Gasteiger partial charge in [0.25, 0.3) is 0 Å². The Hall–Kier alpha value is -1.84. The minimum atomic E-state index is -0.911. The van der Waals surface area contributed by atoms with Gasteiger partial charge in [-0.25, -0.2) is 0 Å². The summed E-state index contributed by atoms with van der Waals surface area (Å²) in [4.78, 5) is 11.2. The number of para-hydroxylation sites is 1. The molecule has 0 aliphatic rings. The zero-order valence-corrected chi connectivity index (χ0v) is 8.61. The summed E-state index contributed by atoms with van der Waals surface area (Å²) in [6.07, 6.45) is 1.69. The van der Waals surface area contributed by atoms with Gasteiger partial charge in [0.05, 0.1) is 17.1 Å². The Morgan fingerprint density at radius 3 is 2.87 bits per heavy atom. The monoisotopic (exact) mass is 204 g/mol. The number of nitrogens with zero attached hydrogens (tertiary/aromatic N) is 1. The van der Waals surface area contributed by atoms with Crippen molar-refractivity contribution in [1.82, 2.24) is 10.2 Å². The van der Waals surface area contributed by atoms with Crippen molar-refractivity contribution in [3.8, 4) is 0 Å². The van der Waals surface area contributed by atoms with E-state index in [0.717, 1.165) is 16.5 Å². The molecule has 0 saturated carbocycles. The molecule has 2 rings (SSSR count). The average molecular weight is 204 g/mol. The zero-order chi connectivity index (χ0) is 11.1. The largest absolute Gasteiger partial charge is 0.481 e. The maximum Gasteiger partial charge on any atom is 0.313 e. The Labute approximate surface area is 86.9 Å². The number of carbonyl (C=O) groups is 1. The standard InChI is InChI=1S/C11H12N2O2/c1-11(2,10(14)15)8-5-3-4-7-6-12-13-9(7)8/h3-6H,1-2H3,(H,12,13)(H,14,15). The van der Waals surface area contributed by atoms with E-state index in [0.29, 0.717) is 0 Å². The van der Waals surface area contributed by atoms with Gasteiger partial charge in [-0.2, -0.15) is 5.10 Å². The van der Waals surface area contributed by atoms with Gasteiger partial charge in [0.1, 0.15) is 0 Å². The van der Waals surface area contributed by atoms with Gasteiger partial charge in [-0.3, -0.25) is 9.89 Å². The van der Waals surface area contributed by atoms with Gasteiger partial charge in [0.2, 0.25) is 0 Å². The summed E-state index contributed by atoms with van der Waals surface area (Å²) in [5.41, 5.74) is 0.640. The molecule has 0 saturated heterocycles. The summed E-state index contributed by atoms with van der Waals surface area (Å²) in [6, 6.07) is 5.56. The van der Waals surface area contributed by atoms with Crippen LogP contribution in [0.15, 0.2) is 24.4 Å². The summed E-state index contributed by atoms with van der Waals surface area (Å²) in [5.74, 6) is -0.843. The highest BCUT2D eigenvalue weighted by atomic mass is 16.4. The Morgan fingerprint density at radius 1 is 1.47 bits per heavy atom. The number of hydrogen-bond donors (Lipinski definition) is 2. The Balaban J connectivity index is 2.71. The summed E-state index contributed by atoms with van der Waals surface area (Å²) in [5, 5.41) is 16.8. The minimum Gasteiger partial charge on any atom is -0.481 e. The molecule has 0 bridgehead atoms. The maximum atomic E-state index is 11.2. The van der Waals surface area contributed by atoms with Crippen molar-refractivity contribution in [2.24, 2.45) is 0 Å². The van der Waals surface area contributed by atoms with Gasteiger partial charge in [0.15, 0.2) is 0 Å². The number of benzene rings is 1. The van der Waals surface area contributed by atoms with Crippen molar-refractivity contribution in [3.63, 3.8) is 0 Å². The molecule has 0 unspecified atom stereocenters. The lowest BCUT2D eigenvalue weighted by atomic mass is 9.84. The number of nitrogens with one attached hydrogen (secondary N) is 1. The van der Waals surface area contributed by atoms with Crippen LogP contribution in [-0.2, 0) is 10.2 Å². The van der Waals surface area contributed by atoms with Gasteiger partial charge < -0.3 is 5.11 Å². The molecule has 2 aromatic rings. The lowest BCUT2D eigenvalue weighted by molar-refractivity contribution is -0.142. The smallest absolute Gasteiger partial charge is 0.313 e. The van der Waals surface area contributed by atoms with Gasteiger partial charge in [-0.15, -0.1) is 0 Å². The highest BCUT2D eigenvalue weighted by Gasteiger charge is 2.31. The van der Waals surface area contributed by atoms with Crippen molar-refractivity contribution in [3.05, 3.63) is 30.0 Å². The van der Waals surface area contributed by atoms with Crippen LogP contribution in [0.2, 0.25) is 0 Å². The van der Waals surface area contributed by atoms with Gasteiger partial charge in [-0.1, -0.05) is 18.2 Å². The molecule has 0 spiro atoms. The highest BCUT2D eigenvalue weighted by Crippen LogP contribution is 2.29. The van der Waals surface area contributed by atoms with Gasteiger partial charge in [0, 0.05) is 5.39 Å². The van der Waals surface area contributed by atoms with Crippen LogP contribution in [0.25, 0.3) is 10.9 Å².